The Morgan fingerprint density at radius 3 is 2.44 bits per heavy atom. The quantitative estimate of drug-likeness (QED) is 0.847. The molecule has 25 heavy (non-hydrogen) atoms. The molecule has 0 saturated carbocycles. The third kappa shape index (κ3) is 2.98. The highest BCUT2D eigenvalue weighted by Gasteiger charge is 2.34. The lowest BCUT2D eigenvalue weighted by Gasteiger charge is -2.30. The molecule has 2 aromatic rings. The van der Waals surface area contributed by atoms with Crippen LogP contribution >= 0.6 is 23.2 Å². The maximum Gasteiger partial charge on any atom is 0.225 e. The lowest BCUT2D eigenvalue weighted by atomic mass is 9.83. The summed E-state index contributed by atoms with van der Waals surface area (Å²) in [5, 5.41) is 3.72. The highest BCUT2D eigenvalue weighted by atomic mass is 35.5. The summed E-state index contributed by atoms with van der Waals surface area (Å²) in [4.78, 5) is 12.3. The van der Waals surface area contributed by atoms with Gasteiger partial charge in [-0.15, -0.1) is 0 Å². The van der Waals surface area contributed by atoms with Gasteiger partial charge < -0.3 is 19.5 Å². The number of nitrogens with one attached hydrogen (secondary N) is 1. The fourth-order valence-corrected chi connectivity index (χ4v) is 3.61. The lowest BCUT2D eigenvalue weighted by Crippen LogP contribution is -2.24. The number of methoxy groups -OCH3 is 3. The maximum absolute atomic E-state index is 12.3. The Kier molecular flexibility index (Phi) is 4.97. The number of carbonyl (C=O) groups is 1. The molecule has 7 heteroatoms. The summed E-state index contributed by atoms with van der Waals surface area (Å²) in [6.07, 6.45) is 0.221. The van der Waals surface area contributed by atoms with Crippen molar-refractivity contribution in [3.05, 3.63) is 45.4 Å². The minimum Gasteiger partial charge on any atom is -0.493 e. The van der Waals surface area contributed by atoms with Gasteiger partial charge in [-0.3, -0.25) is 4.79 Å². The molecule has 0 fully saturated rings. The van der Waals surface area contributed by atoms with Crippen molar-refractivity contribution in [1.29, 1.82) is 0 Å². The SMILES string of the molecule is COc1cc2c(c(OC)c1OC)[C@@H](c1cccc(Cl)c1Cl)CC(=O)N2. The van der Waals surface area contributed by atoms with Crippen molar-refractivity contribution < 1.29 is 19.0 Å². The third-order valence-corrected chi connectivity index (χ3v) is 5.07. The molecular weight excluding hydrogens is 365 g/mol. The van der Waals surface area contributed by atoms with Crippen molar-refractivity contribution in [1.82, 2.24) is 0 Å². The summed E-state index contributed by atoms with van der Waals surface area (Å²) in [6, 6.07) is 7.10. The van der Waals surface area contributed by atoms with E-state index in [0.717, 1.165) is 11.1 Å². The van der Waals surface area contributed by atoms with Crippen LogP contribution in [0.25, 0.3) is 0 Å². The van der Waals surface area contributed by atoms with Crippen LogP contribution in [-0.4, -0.2) is 27.2 Å². The van der Waals surface area contributed by atoms with E-state index in [9.17, 15) is 4.79 Å². The molecule has 5 nitrogen and oxygen atoms in total. The largest absolute Gasteiger partial charge is 0.493 e. The molecule has 1 heterocycles. The molecule has 0 bridgehead atoms. The van der Waals surface area contributed by atoms with Gasteiger partial charge in [0.05, 0.1) is 37.1 Å². The number of amides is 1. The Bertz CT molecular complexity index is 838. The topological polar surface area (TPSA) is 56.8 Å². The molecule has 3 rings (SSSR count). The molecule has 1 aliphatic rings. The zero-order valence-electron chi connectivity index (χ0n) is 14.0. The van der Waals surface area contributed by atoms with Crippen LogP contribution in [-0.2, 0) is 4.79 Å². The van der Waals surface area contributed by atoms with Crippen LogP contribution in [0.4, 0.5) is 5.69 Å². The highest BCUT2D eigenvalue weighted by Crippen LogP contribution is 2.52. The summed E-state index contributed by atoms with van der Waals surface area (Å²) in [7, 11) is 4.61. The smallest absolute Gasteiger partial charge is 0.225 e. The predicted octanol–water partition coefficient (Wildman–Crippen LogP) is 4.49. The standard InChI is InChI=1S/C18H17Cl2NO4/c1-23-13-8-12-15(18(25-3)17(13)24-2)10(7-14(22)21-12)9-5-4-6-11(19)16(9)20/h4-6,8,10H,7H2,1-3H3,(H,21,22)/t10-/m1/s1. The predicted molar refractivity (Wildman–Crippen MR) is 97.6 cm³/mol. The minimum absolute atomic E-state index is 0.122. The Balaban J connectivity index is 2.29. The van der Waals surface area contributed by atoms with Gasteiger partial charge in [-0.1, -0.05) is 35.3 Å². The summed E-state index contributed by atoms with van der Waals surface area (Å²) in [5.74, 6) is 0.990. The van der Waals surface area contributed by atoms with E-state index in [1.165, 1.54) is 14.2 Å². The third-order valence-electron chi connectivity index (χ3n) is 4.24. The summed E-state index contributed by atoms with van der Waals surface area (Å²) >= 11 is 12.6. The van der Waals surface area contributed by atoms with Crippen LogP contribution in [0.5, 0.6) is 17.2 Å². The van der Waals surface area contributed by atoms with E-state index < -0.39 is 0 Å². The Hall–Kier alpha value is -2.11. The second kappa shape index (κ2) is 7.02. The average Bonchev–Trinajstić information content (AvgIpc) is 2.61. The monoisotopic (exact) mass is 381 g/mol. The molecule has 132 valence electrons. The molecule has 0 radical (unpaired) electrons. The van der Waals surface area contributed by atoms with E-state index in [2.05, 4.69) is 5.32 Å². The number of halogens is 2. The first-order valence-electron chi connectivity index (χ1n) is 7.58. The van der Waals surface area contributed by atoms with Crippen molar-refractivity contribution in [2.24, 2.45) is 0 Å². The van der Waals surface area contributed by atoms with Gasteiger partial charge in [-0.05, 0) is 11.6 Å². The van der Waals surface area contributed by atoms with Crippen molar-refractivity contribution in [3.8, 4) is 17.2 Å². The maximum atomic E-state index is 12.3. The number of benzene rings is 2. The molecule has 0 saturated heterocycles. The van der Waals surface area contributed by atoms with Gasteiger partial charge in [-0.2, -0.15) is 0 Å². The molecule has 0 unspecified atom stereocenters. The number of rotatable bonds is 4. The molecule has 0 aromatic heterocycles. The molecule has 2 aromatic carbocycles. The molecule has 1 atom stereocenters. The molecule has 1 N–H and O–H groups in total. The van der Waals surface area contributed by atoms with Gasteiger partial charge in [0, 0.05) is 24.0 Å². The van der Waals surface area contributed by atoms with Crippen molar-refractivity contribution >= 4 is 34.8 Å². The van der Waals surface area contributed by atoms with Crippen LogP contribution in [0.15, 0.2) is 24.3 Å². The van der Waals surface area contributed by atoms with Gasteiger partial charge in [0.25, 0.3) is 0 Å². The molecule has 1 aliphatic heterocycles. The Morgan fingerprint density at radius 1 is 1.08 bits per heavy atom. The van der Waals surface area contributed by atoms with Gasteiger partial charge >= 0.3 is 0 Å². The van der Waals surface area contributed by atoms with Crippen molar-refractivity contribution in [2.45, 2.75) is 12.3 Å². The van der Waals surface area contributed by atoms with E-state index in [0.29, 0.717) is 33.0 Å². The Morgan fingerprint density at radius 2 is 1.80 bits per heavy atom. The van der Waals surface area contributed by atoms with E-state index >= 15 is 0 Å². The van der Waals surface area contributed by atoms with E-state index in [1.807, 2.05) is 12.1 Å². The number of carbonyl (C=O) groups excluding carboxylic acids is 1. The van der Waals surface area contributed by atoms with Gasteiger partial charge in [-0.25, -0.2) is 0 Å². The zero-order chi connectivity index (χ0) is 18.1. The fourth-order valence-electron chi connectivity index (χ4n) is 3.17. The van der Waals surface area contributed by atoms with Crippen LogP contribution in [0.3, 0.4) is 0 Å². The number of ether oxygens (including phenoxy) is 3. The number of hydrogen-bond acceptors (Lipinski definition) is 4. The average molecular weight is 382 g/mol. The van der Waals surface area contributed by atoms with Gasteiger partial charge in [0.1, 0.15) is 0 Å². The van der Waals surface area contributed by atoms with Crippen LogP contribution in [0.2, 0.25) is 10.0 Å². The molecule has 0 spiro atoms. The molecule has 0 aliphatic carbocycles. The van der Waals surface area contributed by atoms with Gasteiger partial charge in [0.2, 0.25) is 11.7 Å². The highest BCUT2D eigenvalue weighted by molar-refractivity contribution is 6.42. The van der Waals surface area contributed by atoms with E-state index in [1.54, 1.807) is 19.2 Å². The first-order valence-corrected chi connectivity index (χ1v) is 8.34. The van der Waals surface area contributed by atoms with E-state index in [-0.39, 0.29) is 18.2 Å². The summed E-state index contributed by atoms with van der Waals surface area (Å²) in [5.41, 5.74) is 2.14. The van der Waals surface area contributed by atoms with Crippen LogP contribution in [0, 0.1) is 0 Å². The first-order chi connectivity index (χ1) is 12.0. The van der Waals surface area contributed by atoms with Crippen molar-refractivity contribution in [2.75, 3.05) is 26.6 Å². The molecular formula is C18H17Cl2NO4. The second-order valence-corrected chi connectivity index (χ2v) is 6.34. The first kappa shape index (κ1) is 17.7. The zero-order valence-corrected chi connectivity index (χ0v) is 15.5. The van der Waals surface area contributed by atoms with Gasteiger partial charge in [0.15, 0.2) is 11.5 Å². The molecule has 1 amide bonds. The van der Waals surface area contributed by atoms with E-state index in [4.69, 9.17) is 37.4 Å². The summed E-state index contributed by atoms with van der Waals surface area (Å²) in [6.45, 7) is 0. The number of fused-ring (bicyclic) bond motifs is 1. The fraction of sp³-hybridized carbons (Fsp3) is 0.278. The van der Waals surface area contributed by atoms with Crippen LogP contribution in [0.1, 0.15) is 23.5 Å². The minimum atomic E-state index is -0.315. The number of anilines is 1. The van der Waals surface area contributed by atoms with Crippen molar-refractivity contribution in [3.63, 3.8) is 0 Å². The van der Waals surface area contributed by atoms with Crippen LogP contribution < -0.4 is 19.5 Å². The number of hydrogen-bond donors (Lipinski definition) is 1. The second-order valence-electron chi connectivity index (χ2n) is 5.55. The lowest BCUT2D eigenvalue weighted by molar-refractivity contribution is -0.116. The summed E-state index contributed by atoms with van der Waals surface area (Å²) < 4.78 is 16.4. The normalized spacial score (nSPS) is 16.0. The Labute approximate surface area is 155 Å².